The number of hydrogen-bond donors (Lipinski definition) is 4. The minimum Gasteiger partial charge on any atom is -0.465 e. The fourth-order valence-corrected chi connectivity index (χ4v) is 7.56. The van der Waals surface area contributed by atoms with Gasteiger partial charge in [0.05, 0.1) is 11.0 Å². The van der Waals surface area contributed by atoms with Crippen LogP contribution in [0.15, 0.2) is 76.7 Å². The average Bonchev–Trinajstić information content (AvgIpc) is 3.08. The summed E-state index contributed by atoms with van der Waals surface area (Å²) in [6, 6.07) is 12.4. The average molecular weight is 749 g/mol. The van der Waals surface area contributed by atoms with Crippen LogP contribution in [0.25, 0.3) is 10.4 Å². The first kappa shape index (κ1) is 39.5. The second-order valence-electron chi connectivity index (χ2n) is 12.3. The van der Waals surface area contributed by atoms with Crippen molar-refractivity contribution in [1.82, 2.24) is 9.62 Å². The Morgan fingerprint density at radius 2 is 1.75 bits per heavy atom. The first-order chi connectivity index (χ1) is 24.3. The van der Waals surface area contributed by atoms with Crippen LogP contribution < -0.4 is 10.0 Å². The highest BCUT2D eigenvalue weighted by molar-refractivity contribution is 7.89. The number of sulfonamides is 1. The third kappa shape index (κ3) is 11.1. The zero-order valence-electron chi connectivity index (χ0n) is 27.7. The van der Waals surface area contributed by atoms with Crippen LogP contribution in [-0.4, -0.2) is 80.0 Å². The van der Waals surface area contributed by atoms with E-state index in [1.54, 1.807) is 24.3 Å². The molecule has 0 spiro atoms. The van der Waals surface area contributed by atoms with Crippen LogP contribution in [0.2, 0.25) is 5.02 Å². The zero-order chi connectivity index (χ0) is 37.1. The van der Waals surface area contributed by atoms with Gasteiger partial charge in [0.25, 0.3) is 0 Å². The Labute approximate surface area is 299 Å². The molecule has 0 aromatic heterocycles. The van der Waals surface area contributed by atoms with Crippen LogP contribution in [-0.2, 0) is 26.0 Å². The van der Waals surface area contributed by atoms with E-state index in [1.165, 1.54) is 19.1 Å². The number of aliphatic hydroxyl groups excluding tert-OH is 1. The summed E-state index contributed by atoms with van der Waals surface area (Å²) in [4.78, 5) is 29.4. The van der Waals surface area contributed by atoms with Gasteiger partial charge in [-0.25, -0.2) is 26.7 Å². The van der Waals surface area contributed by atoms with Gasteiger partial charge in [0, 0.05) is 59.4 Å². The molecule has 4 atom stereocenters. The molecule has 0 unspecified atom stereocenters. The number of rotatable bonds is 16. The summed E-state index contributed by atoms with van der Waals surface area (Å²) in [5.41, 5.74) is 10.3. The lowest BCUT2D eigenvalue weighted by atomic mass is 9.76. The van der Waals surface area contributed by atoms with E-state index in [-0.39, 0.29) is 41.5 Å². The van der Waals surface area contributed by atoms with E-state index in [4.69, 9.17) is 16.3 Å². The highest BCUT2D eigenvalue weighted by Gasteiger charge is 2.36. The molecule has 13 nitrogen and oxygen atoms in total. The SMILES string of the molecule is C[C@H](O)CN(C[C@@H](CCc1c(F)cccc1NC(=O)[C@@H](N=[N+]=[N-])[C@@H](c1ccc(Cl)cc1)C1CCOCC1)NS(=O)(=O)c1ccc(F)cc1)C(=O)O. The van der Waals surface area contributed by atoms with E-state index in [2.05, 4.69) is 20.1 Å². The van der Waals surface area contributed by atoms with Gasteiger partial charge in [-0.2, -0.15) is 0 Å². The topological polar surface area (TPSA) is 194 Å². The molecule has 4 rings (SSSR count). The van der Waals surface area contributed by atoms with Crippen LogP contribution in [0, 0.1) is 17.6 Å². The van der Waals surface area contributed by atoms with Crippen molar-refractivity contribution in [3.63, 3.8) is 0 Å². The lowest BCUT2D eigenvalue weighted by molar-refractivity contribution is -0.118. The van der Waals surface area contributed by atoms with Crippen molar-refractivity contribution in [1.29, 1.82) is 0 Å². The van der Waals surface area contributed by atoms with E-state index < -0.39 is 64.3 Å². The van der Waals surface area contributed by atoms with E-state index in [1.807, 2.05) is 0 Å². The molecular formula is C34H39ClF2N6O7S. The molecule has 0 bridgehead atoms. The number of hydrogen-bond acceptors (Lipinski definition) is 7. The van der Waals surface area contributed by atoms with Gasteiger partial charge in [-0.3, -0.25) is 4.79 Å². The van der Waals surface area contributed by atoms with E-state index in [0.29, 0.717) is 31.1 Å². The molecule has 17 heteroatoms. The number of nitrogens with one attached hydrogen (secondary N) is 2. The lowest BCUT2D eigenvalue weighted by Crippen LogP contribution is -2.47. The minimum atomic E-state index is -4.31. The molecule has 1 saturated heterocycles. The number of aliphatic hydroxyl groups is 1. The Bertz CT molecular complexity index is 1810. The van der Waals surface area contributed by atoms with Crippen molar-refractivity contribution < 1.29 is 41.7 Å². The van der Waals surface area contributed by atoms with Gasteiger partial charge in [-0.15, -0.1) is 0 Å². The maximum atomic E-state index is 15.5. The van der Waals surface area contributed by atoms with Crippen LogP contribution in [0.1, 0.15) is 43.2 Å². The number of halogens is 3. The normalized spacial score (nSPS) is 15.9. The number of carbonyl (C=O) groups is 2. The predicted molar refractivity (Wildman–Crippen MR) is 186 cm³/mol. The maximum Gasteiger partial charge on any atom is 0.407 e. The Balaban J connectivity index is 1.63. The van der Waals surface area contributed by atoms with E-state index in [9.17, 15) is 38.1 Å². The molecular weight excluding hydrogens is 710 g/mol. The molecule has 0 aliphatic carbocycles. The van der Waals surface area contributed by atoms with Crippen molar-refractivity contribution in [2.45, 2.75) is 61.6 Å². The number of azide groups is 1. The molecule has 3 aromatic carbocycles. The quantitative estimate of drug-likeness (QED) is 0.0773. The Morgan fingerprint density at radius 3 is 2.35 bits per heavy atom. The summed E-state index contributed by atoms with van der Waals surface area (Å²) >= 11 is 6.12. The van der Waals surface area contributed by atoms with Crippen molar-refractivity contribution >= 4 is 39.3 Å². The molecule has 51 heavy (non-hydrogen) atoms. The molecule has 0 radical (unpaired) electrons. The number of carbonyl (C=O) groups excluding carboxylic acids is 1. The van der Waals surface area contributed by atoms with Crippen molar-refractivity contribution in [2.75, 3.05) is 31.6 Å². The highest BCUT2D eigenvalue weighted by atomic mass is 35.5. The molecule has 3 aromatic rings. The third-order valence-electron chi connectivity index (χ3n) is 8.57. The van der Waals surface area contributed by atoms with Gasteiger partial charge in [0.2, 0.25) is 15.9 Å². The highest BCUT2D eigenvalue weighted by Crippen LogP contribution is 2.37. The molecule has 1 heterocycles. The first-order valence-electron chi connectivity index (χ1n) is 16.2. The predicted octanol–water partition coefficient (Wildman–Crippen LogP) is 6.09. The van der Waals surface area contributed by atoms with Gasteiger partial charge in [0.15, 0.2) is 0 Å². The third-order valence-corrected chi connectivity index (χ3v) is 10.4. The summed E-state index contributed by atoms with van der Waals surface area (Å²) in [5, 5.41) is 26.7. The fraction of sp³-hybridized carbons (Fsp3) is 0.412. The van der Waals surface area contributed by atoms with Crippen LogP contribution in [0.5, 0.6) is 0 Å². The Morgan fingerprint density at radius 1 is 1.08 bits per heavy atom. The Hall–Kier alpha value is -4.31. The molecule has 1 fully saturated rings. The number of benzene rings is 3. The van der Waals surface area contributed by atoms with Crippen LogP contribution >= 0.6 is 11.6 Å². The first-order valence-corrected chi connectivity index (χ1v) is 18.0. The number of ether oxygens (including phenoxy) is 1. The second kappa shape index (κ2) is 18.3. The number of nitrogens with zero attached hydrogens (tertiary/aromatic N) is 4. The molecule has 1 aliphatic heterocycles. The zero-order valence-corrected chi connectivity index (χ0v) is 29.2. The molecule has 0 saturated carbocycles. The molecule has 274 valence electrons. The van der Waals surface area contributed by atoms with Crippen molar-refractivity contribution in [3.8, 4) is 0 Å². The summed E-state index contributed by atoms with van der Waals surface area (Å²) in [6.07, 6.45) is -1.66. The molecule has 4 N–H and O–H groups in total. The number of anilines is 1. The van der Waals surface area contributed by atoms with Crippen LogP contribution in [0.4, 0.5) is 19.3 Å². The monoisotopic (exact) mass is 748 g/mol. The van der Waals surface area contributed by atoms with Crippen molar-refractivity contribution in [3.05, 3.63) is 105 Å². The van der Waals surface area contributed by atoms with Gasteiger partial charge in [-0.05, 0) is 98.2 Å². The molecule has 2 amide bonds. The maximum absolute atomic E-state index is 15.5. The standard InChI is InChI=1S/C34H39ClF2N6O7S/c1-21(44)19-43(34(46)47)20-26(41-51(48,49)27-12-9-25(36)10-13-27)11-14-28-29(37)3-2-4-30(28)39-33(45)32(40-42-38)31(23-15-17-50-18-16-23)22-5-7-24(35)8-6-22/h2-10,12-13,21,23,26,31-32,41,44H,11,14-20H2,1H3,(H,39,45)(H,46,47)/t21-,26+,31-,32-/m0/s1. The van der Waals surface area contributed by atoms with Crippen molar-refractivity contribution in [2.24, 2.45) is 11.0 Å². The fourth-order valence-electron chi connectivity index (χ4n) is 6.17. The van der Waals surface area contributed by atoms with Gasteiger partial charge >= 0.3 is 6.09 Å². The minimum absolute atomic E-state index is 0.0111. The Kier molecular flexibility index (Phi) is 14.1. The number of carboxylic acid groups (broad SMARTS) is 1. The summed E-state index contributed by atoms with van der Waals surface area (Å²) in [6.45, 7) is 1.51. The summed E-state index contributed by atoms with van der Waals surface area (Å²) in [7, 11) is -4.31. The van der Waals surface area contributed by atoms with Gasteiger partial charge in [0.1, 0.15) is 17.7 Å². The van der Waals surface area contributed by atoms with Gasteiger partial charge in [-0.1, -0.05) is 34.9 Å². The van der Waals surface area contributed by atoms with Crippen LogP contribution in [0.3, 0.4) is 0 Å². The molecule has 1 aliphatic rings. The van der Waals surface area contributed by atoms with E-state index in [0.717, 1.165) is 40.8 Å². The summed E-state index contributed by atoms with van der Waals surface area (Å²) in [5.74, 6) is -2.76. The van der Waals surface area contributed by atoms with E-state index >= 15 is 4.39 Å². The lowest BCUT2D eigenvalue weighted by Gasteiger charge is -2.34. The number of amides is 2. The second-order valence-corrected chi connectivity index (χ2v) is 14.4. The van der Waals surface area contributed by atoms with Gasteiger partial charge < -0.3 is 25.2 Å². The smallest absolute Gasteiger partial charge is 0.407 e. The largest absolute Gasteiger partial charge is 0.465 e. The summed E-state index contributed by atoms with van der Waals surface area (Å²) < 4.78 is 63.4.